The van der Waals surface area contributed by atoms with Crippen molar-refractivity contribution < 1.29 is 14.7 Å². The second kappa shape index (κ2) is 7.88. The Bertz CT molecular complexity index is 923. The number of carbonyl (C=O) groups is 1. The maximum Gasteiger partial charge on any atom is 0.410 e. The number of hydrogen-bond donors (Lipinski definition) is 2. The summed E-state index contributed by atoms with van der Waals surface area (Å²) < 4.78 is 1.84. The van der Waals surface area contributed by atoms with Crippen LogP contribution in [0.5, 0.6) is 0 Å². The van der Waals surface area contributed by atoms with Crippen molar-refractivity contribution in [2.45, 2.75) is 6.61 Å². The molecule has 0 unspecified atom stereocenters. The van der Waals surface area contributed by atoms with Crippen LogP contribution < -0.4 is 5.32 Å². The molecule has 3 aromatic rings. The van der Waals surface area contributed by atoms with Crippen LogP contribution in [0.15, 0.2) is 60.1 Å². The lowest BCUT2D eigenvalue weighted by molar-refractivity contribution is 0.125. The summed E-state index contributed by atoms with van der Waals surface area (Å²) in [4.78, 5) is 28.5. The van der Waals surface area contributed by atoms with Crippen molar-refractivity contribution in [2.75, 3.05) is 5.32 Å². The smallest absolute Gasteiger partial charge is 0.410 e. The van der Waals surface area contributed by atoms with E-state index in [4.69, 9.17) is 9.94 Å². The molecule has 0 spiro atoms. The molecule has 0 atom stereocenters. The summed E-state index contributed by atoms with van der Waals surface area (Å²) in [6, 6.07) is 11.0. The molecule has 9 heteroatoms. The minimum absolute atomic E-state index is 0.0180. The summed E-state index contributed by atoms with van der Waals surface area (Å²) in [5.41, 5.74) is 1.42. The van der Waals surface area contributed by atoms with Crippen LogP contribution in [-0.4, -0.2) is 36.4 Å². The van der Waals surface area contributed by atoms with Crippen molar-refractivity contribution in [1.82, 2.24) is 19.5 Å². The molecule has 0 aliphatic rings. The molecule has 26 heavy (non-hydrogen) atoms. The molecule has 2 N–H and O–H groups in total. The Hall–Kier alpha value is -3.75. The third-order valence-corrected chi connectivity index (χ3v) is 3.37. The van der Waals surface area contributed by atoms with Crippen molar-refractivity contribution in [3.8, 4) is 0 Å². The maximum atomic E-state index is 10.7. The zero-order chi connectivity index (χ0) is 18.4. The van der Waals surface area contributed by atoms with Gasteiger partial charge in [-0.3, -0.25) is 5.32 Å². The van der Waals surface area contributed by atoms with Crippen LogP contribution >= 0.6 is 0 Å². The molecule has 132 valence electrons. The molecular weight excluding hydrogens is 336 g/mol. The van der Waals surface area contributed by atoms with Crippen molar-refractivity contribution in [2.24, 2.45) is 12.2 Å². The van der Waals surface area contributed by atoms with Crippen LogP contribution in [0.25, 0.3) is 0 Å². The molecule has 0 bridgehead atoms. The number of rotatable bonds is 6. The van der Waals surface area contributed by atoms with E-state index in [0.717, 1.165) is 5.56 Å². The Morgan fingerprint density at radius 1 is 1.23 bits per heavy atom. The van der Waals surface area contributed by atoms with Crippen LogP contribution in [0.2, 0.25) is 0 Å². The fourth-order valence-electron chi connectivity index (χ4n) is 2.21. The van der Waals surface area contributed by atoms with E-state index in [2.05, 4.69) is 25.4 Å². The van der Waals surface area contributed by atoms with Crippen molar-refractivity contribution >= 4 is 17.6 Å². The number of hydrogen-bond acceptors (Lipinski definition) is 6. The van der Waals surface area contributed by atoms with Gasteiger partial charge in [0.2, 0.25) is 0 Å². The lowest BCUT2D eigenvalue weighted by Gasteiger charge is -2.07. The van der Waals surface area contributed by atoms with Crippen LogP contribution in [-0.2, 0) is 18.5 Å². The van der Waals surface area contributed by atoms with Crippen LogP contribution in [0.4, 0.5) is 10.6 Å². The van der Waals surface area contributed by atoms with E-state index in [1.54, 1.807) is 6.20 Å². The monoisotopic (exact) mass is 352 g/mol. The summed E-state index contributed by atoms with van der Waals surface area (Å²) in [6.45, 7) is -0.0180. The first-order valence-corrected chi connectivity index (χ1v) is 7.68. The topological polar surface area (TPSA) is 115 Å². The van der Waals surface area contributed by atoms with Crippen LogP contribution in [0, 0.1) is 0 Å². The van der Waals surface area contributed by atoms with Gasteiger partial charge in [-0.05, 0) is 6.07 Å². The van der Waals surface area contributed by atoms with Gasteiger partial charge in [0.25, 0.3) is 0 Å². The minimum atomic E-state index is -1.20. The molecule has 0 aliphatic carbocycles. The minimum Gasteiger partial charge on any atom is -0.465 e. The van der Waals surface area contributed by atoms with E-state index in [-0.39, 0.29) is 12.4 Å². The number of aromatic nitrogens is 4. The van der Waals surface area contributed by atoms with Gasteiger partial charge >= 0.3 is 6.09 Å². The van der Waals surface area contributed by atoms with Gasteiger partial charge in [-0.1, -0.05) is 35.5 Å². The largest absolute Gasteiger partial charge is 0.465 e. The first-order valence-electron chi connectivity index (χ1n) is 7.68. The molecule has 0 saturated heterocycles. The zero-order valence-corrected chi connectivity index (χ0v) is 13.9. The van der Waals surface area contributed by atoms with E-state index in [1.807, 2.05) is 48.1 Å². The summed E-state index contributed by atoms with van der Waals surface area (Å²) in [7, 11) is 1.87. The molecule has 0 radical (unpaired) electrons. The van der Waals surface area contributed by atoms with Gasteiger partial charge < -0.3 is 14.5 Å². The third kappa shape index (κ3) is 4.20. The Balaban J connectivity index is 1.80. The van der Waals surface area contributed by atoms with Gasteiger partial charge in [-0.15, -0.1) is 0 Å². The fourth-order valence-corrected chi connectivity index (χ4v) is 2.21. The number of amides is 1. The number of anilines is 1. The summed E-state index contributed by atoms with van der Waals surface area (Å²) in [5, 5.41) is 15.1. The number of carboxylic acid groups (broad SMARTS) is 1. The van der Waals surface area contributed by atoms with E-state index in [0.29, 0.717) is 17.4 Å². The van der Waals surface area contributed by atoms with Crippen molar-refractivity contribution in [3.63, 3.8) is 0 Å². The van der Waals surface area contributed by atoms with E-state index in [1.165, 1.54) is 12.3 Å². The van der Waals surface area contributed by atoms with Crippen LogP contribution in [0.1, 0.15) is 17.2 Å². The number of benzene rings is 1. The standard InChI is InChI=1S/C17H16N6O3/c1-23-10-9-19-16(23)15(12-5-3-2-4-6-12)22-26-11-14-18-8-7-13(20-14)21-17(24)25/h2-10H,11H2,1H3,(H,24,25)(H,18,20,21). The van der Waals surface area contributed by atoms with Crippen molar-refractivity contribution in [3.05, 3.63) is 72.2 Å². The highest BCUT2D eigenvalue weighted by molar-refractivity contribution is 6.10. The molecule has 1 aromatic carbocycles. The van der Waals surface area contributed by atoms with Gasteiger partial charge in [0.1, 0.15) is 5.82 Å². The molecule has 0 aliphatic heterocycles. The number of aryl methyl sites for hydroxylation is 1. The normalized spacial score (nSPS) is 11.2. The van der Waals surface area contributed by atoms with Gasteiger partial charge in [0.05, 0.1) is 0 Å². The van der Waals surface area contributed by atoms with Gasteiger partial charge in [0.15, 0.2) is 24.0 Å². The van der Waals surface area contributed by atoms with E-state index < -0.39 is 6.09 Å². The third-order valence-electron chi connectivity index (χ3n) is 3.37. The lowest BCUT2D eigenvalue weighted by atomic mass is 10.1. The molecule has 2 aromatic heterocycles. The van der Waals surface area contributed by atoms with Gasteiger partial charge in [0, 0.05) is 31.2 Å². The number of nitrogens with one attached hydrogen (secondary N) is 1. The second-order valence-electron chi connectivity index (χ2n) is 5.23. The number of oxime groups is 1. The molecule has 9 nitrogen and oxygen atoms in total. The quantitative estimate of drug-likeness (QED) is 0.519. The fraction of sp³-hybridized carbons (Fsp3) is 0.118. The Morgan fingerprint density at radius 2 is 2.04 bits per heavy atom. The molecular formula is C17H16N6O3. The number of nitrogens with zero attached hydrogens (tertiary/aromatic N) is 5. The Morgan fingerprint density at radius 3 is 2.73 bits per heavy atom. The first kappa shape index (κ1) is 17.1. The van der Waals surface area contributed by atoms with Gasteiger partial charge in [-0.2, -0.15) is 0 Å². The Labute approximate surface area is 149 Å². The zero-order valence-electron chi connectivity index (χ0n) is 13.9. The molecule has 2 heterocycles. The average molecular weight is 352 g/mol. The van der Waals surface area contributed by atoms with Crippen LogP contribution in [0.3, 0.4) is 0 Å². The second-order valence-corrected chi connectivity index (χ2v) is 5.23. The first-order chi connectivity index (χ1) is 12.6. The highest BCUT2D eigenvalue weighted by Gasteiger charge is 2.13. The molecule has 0 fully saturated rings. The Kier molecular flexibility index (Phi) is 5.18. The average Bonchev–Trinajstić information content (AvgIpc) is 3.05. The highest BCUT2D eigenvalue weighted by Crippen LogP contribution is 2.10. The predicted octanol–water partition coefficient (Wildman–Crippen LogP) is 2.27. The SMILES string of the molecule is Cn1ccnc1C(=NOCc1nccc(NC(=O)O)n1)c1ccccc1. The van der Waals surface area contributed by atoms with E-state index in [9.17, 15) is 4.79 Å². The van der Waals surface area contributed by atoms with Gasteiger partial charge in [-0.25, -0.2) is 19.7 Å². The maximum absolute atomic E-state index is 10.7. The summed E-state index contributed by atoms with van der Waals surface area (Å²) >= 11 is 0. The molecule has 1 amide bonds. The summed E-state index contributed by atoms with van der Waals surface area (Å²) in [6.07, 6.45) is 3.74. The summed E-state index contributed by atoms with van der Waals surface area (Å²) in [5.74, 6) is 1.12. The number of imidazole rings is 1. The van der Waals surface area contributed by atoms with Crippen molar-refractivity contribution in [1.29, 1.82) is 0 Å². The lowest BCUT2D eigenvalue weighted by Crippen LogP contribution is -2.12. The predicted molar refractivity (Wildman–Crippen MR) is 93.8 cm³/mol. The molecule has 0 saturated carbocycles. The van der Waals surface area contributed by atoms with E-state index >= 15 is 0 Å². The molecule has 3 rings (SSSR count). The highest BCUT2D eigenvalue weighted by atomic mass is 16.6.